The molecule has 0 amide bonds. The van der Waals surface area contributed by atoms with E-state index < -0.39 is 0 Å². The lowest BCUT2D eigenvalue weighted by molar-refractivity contribution is 0.0561. The van der Waals surface area contributed by atoms with Gasteiger partial charge in [0, 0.05) is 6.04 Å². The second-order valence-corrected chi connectivity index (χ2v) is 7.21. The highest BCUT2D eigenvalue weighted by atomic mass is 16.3. The highest BCUT2D eigenvalue weighted by molar-refractivity contribution is 5.12. The number of piperidine rings is 1. The Kier molecular flexibility index (Phi) is 4.41. The lowest BCUT2D eigenvalue weighted by atomic mass is 9.76. The summed E-state index contributed by atoms with van der Waals surface area (Å²) in [6.07, 6.45) is 9.46. The fourth-order valence-electron chi connectivity index (χ4n) is 4.40. The molecule has 3 rings (SSSR count). The summed E-state index contributed by atoms with van der Waals surface area (Å²) in [5.41, 5.74) is 7.10. The molecule has 1 aliphatic carbocycles. The summed E-state index contributed by atoms with van der Waals surface area (Å²) in [7, 11) is 0. The van der Waals surface area contributed by atoms with Crippen molar-refractivity contribution in [3.05, 3.63) is 23.7 Å². The molecule has 1 saturated carbocycles. The second kappa shape index (κ2) is 6.13. The standard InChI is InChI=1S/C18H30N2O/c1-3-15(19)17(16-7-6-14(2)21-16)20-12-10-18(11-13-20)8-4-5-9-18/h6-7,15,17H,3-5,8-13,19H2,1-2H3. The van der Waals surface area contributed by atoms with E-state index >= 15 is 0 Å². The van der Waals surface area contributed by atoms with E-state index in [4.69, 9.17) is 10.2 Å². The Bertz CT molecular complexity index is 452. The molecule has 1 aromatic heterocycles. The van der Waals surface area contributed by atoms with Crippen LogP contribution in [0.4, 0.5) is 0 Å². The number of hydrogen-bond donors (Lipinski definition) is 1. The highest BCUT2D eigenvalue weighted by Gasteiger charge is 2.40. The lowest BCUT2D eigenvalue weighted by Crippen LogP contribution is -2.46. The van der Waals surface area contributed by atoms with Crippen LogP contribution in [-0.2, 0) is 0 Å². The maximum atomic E-state index is 6.43. The van der Waals surface area contributed by atoms with Gasteiger partial charge < -0.3 is 10.2 Å². The Morgan fingerprint density at radius 3 is 2.38 bits per heavy atom. The predicted octanol–water partition coefficient (Wildman–Crippen LogP) is 4.02. The number of nitrogens with two attached hydrogens (primary N) is 1. The quantitative estimate of drug-likeness (QED) is 0.910. The van der Waals surface area contributed by atoms with E-state index in [1.807, 2.05) is 6.92 Å². The van der Waals surface area contributed by atoms with Crippen molar-refractivity contribution < 1.29 is 4.42 Å². The number of nitrogens with zero attached hydrogens (tertiary/aromatic N) is 1. The molecule has 2 fully saturated rings. The minimum atomic E-state index is 0.160. The molecule has 0 aromatic carbocycles. The number of rotatable bonds is 4. The van der Waals surface area contributed by atoms with Gasteiger partial charge in [0.05, 0.1) is 6.04 Å². The van der Waals surface area contributed by atoms with Gasteiger partial charge >= 0.3 is 0 Å². The van der Waals surface area contributed by atoms with Gasteiger partial charge in [0.25, 0.3) is 0 Å². The molecule has 2 atom stereocenters. The zero-order valence-corrected chi connectivity index (χ0v) is 13.6. The van der Waals surface area contributed by atoms with Crippen LogP contribution in [0.1, 0.15) is 69.4 Å². The molecule has 1 spiro atoms. The molecule has 2 heterocycles. The van der Waals surface area contributed by atoms with Crippen molar-refractivity contribution >= 4 is 0 Å². The van der Waals surface area contributed by atoms with Gasteiger partial charge in [0.1, 0.15) is 11.5 Å². The minimum absolute atomic E-state index is 0.160. The van der Waals surface area contributed by atoms with Crippen LogP contribution < -0.4 is 5.73 Å². The lowest BCUT2D eigenvalue weighted by Gasteiger charge is -2.43. The van der Waals surface area contributed by atoms with Gasteiger partial charge in [-0.05, 0) is 69.7 Å². The van der Waals surface area contributed by atoms with Crippen LogP contribution >= 0.6 is 0 Å². The third-order valence-corrected chi connectivity index (χ3v) is 5.85. The van der Waals surface area contributed by atoms with Gasteiger partial charge in [-0.15, -0.1) is 0 Å². The van der Waals surface area contributed by atoms with Crippen molar-refractivity contribution in [2.75, 3.05) is 13.1 Å². The number of aryl methyl sites for hydroxylation is 1. The van der Waals surface area contributed by atoms with Gasteiger partial charge in [-0.2, -0.15) is 0 Å². The maximum Gasteiger partial charge on any atom is 0.122 e. The monoisotopic (exact) mass is 290 g/mol. The van der Waals surface area contributed by atoms with E-state index in [2.05, 4.69) is 24.0 Å². The third kappa shape index (κ3) is 3.04. The molecule has 0 bridgehead atoms. The van der Waals surface area contributed by atoms with E-state index in [0.29, 0.717) is 5.41 Å². The predicted molar refractivity (Wildman–Crippen MR) is 86.2 cm³/mol. The topological polar surface area (TPSA) is 42.4 Å². The first-order chi connectivity index (χ1) is 10.1. The molecule has 2 N–H and O–H groups in total. The largest absolute Gasteiger partial charge is 0.465 e. The zero-order chi connectivity index (χ0) is 14.9. The summed E-state index contributed by atoms with van der Waals surface area (Å²) in [5, 5.41) is 0. The summed E-state index contributed by atoms with van der Waals surface area (Å²) in [4.78, 5) is 2.58. The van der Waals surface area contributed by atoms with Crippen molar-refractivity contribution in [1.29, 1.82) is 0 Å². The summed E-state index contributed by atoms with van der Waals surface area (Å²) in [6, 6.07) is 4.60. The molecule has 2 aliphatic rings. The molecular formula is C18H30N2O. The molecule has 2 unspecified atom stereocenters. The first-order valence-corrected chi connectivity index (χ1v) is 8.69. The molecule has 0 radical (unpaired) electrons. The average Bonchev–Trinajstić information content (AvgIpc) is 3.11. The van der Waals surface area contributed by atoms with Crippen molar-refractivity contribution in [2.24, 2.45) is 11.1 Å². The molecule has 3 heteroatoms. The molecule has 1 aromatic rings. The van der Waals surface area contributed by atoms with Gasteiger partial charge in [-0.1, -0.05) is 19.8 Å². The number of likely N-dealkylation sites (tertiary alicyclic amines) is 1. The van der Waals surface area contributed by atoms with Crippen LogP contribution in [0.5, 0.6) is 0 Å². The highest BCUT2D eigenvalue weighted by Crippen LogP contribution is 2.47. The van der Waals surface area contributed by atoms with E-state index in [-0.39, 0.29) is 12.1 Å². The Morgan fingerprint density at radius 1 is 1.19 bits per heavy atom. The van der Waals surface area contributed by atoms with Crippen LogP contribution in [0.15, 0.2) is 16.5 Å². The minimum Gasteiger partial charge on any atom is -0.465 e. The van der Waals surface area contributed by atoms with E-state index in [1.54, 1.807) is 0 Å². The van der Waals surface area contributed by atoms with Crippen molar-refractivity contribution in [1.82, 2.24) is 4.90 Å². The summed E-state index contributed by atoms with van der Waals surface area (Å²) >= 11 is 0. The van der Waals surface area contributed by atoms with E-state index in [0.717, 1.165) is 17.9 Å². The number of hydrogen-bond acceptors (Lipinski definition) is 3. The van der Waals surface area contributed by atoms with Gasteiger partial charge in [0.15, 0.2) is 0 Å². The SMILES string of the molecule is CCC(N)C(c1ccc(C)o1)N1CCC2(CCCC2)CC1. The fourth-order valence-corrected chi connectivity index (χ4v) is 4.40. The van der Waals surface area contributed by atoms with Crippen molar-refractivity contribution in [3.8, 4) is 0 Å². The smallest absolute Gasteiger partial charge is 0.122 e. The Morgan fingerprint density at radius 2 is 1.86 bits per heavy atom. The molecule has 3 nitrogen and oxygen atoms in total. The second-order valence-electron chi connectivity index (χ2n) is 7.21. The molecule has 118 valence electrons. The molecule has 1 aliphatic heterocycles. The van der Waals surface area contributed by atoms with Gasteiger partial charge in [0.2, 0.25) is 0 Å². The third-order valence-electron chi connectivity index (χ3n) is 5.85. The van der Waals surface area contributed by atoms with Gasteiger partial charge in [-0.25, -0.2) is 0 Å². The Balaban J connectivity index is 1.72. The first kappa shape index (κ1) is 15.1. The Labute approximate surface area is 128 Å². The summed E-state index contributed by atoms with van der Waals surface area (Å²) in [5.74, 6) is 2.05. The number of furan rings is 1. The van der Waals surface area contributed by atoms with Crippen LogP contribution in [0, 0.1) is 12.3 Å². The van der Waals surface area contributed by atoms with Gasteiger partial charge in [-0.3, -0.25) is 4.90 Å². The van der Waals surface area contributed by atoms with E-state index in [9.17, 15) is 0 Å². The summed E-state index contributed by atoms with van der Waals surface area (Å²) in [6.45, 7) is 6.55. The average molecular weight is 290 g/mol. The van der Waals surface area contributed by atoms with Crippen LogP contribution in [0.2, 0.25) is 0 Å². The normalized spacial score (nSPS) is 25.3. The van der Waals surface area contributed by atoms with Crippen molar-refractivity contribution in [2.45, 2.75) is 70.9 Å². The molecule has 21 heavy (non-hydrogen) atoms. The summed E-state index contributed by atoms with van der Waals surface area (Å²) < 4.78 is 5.92. The van der Waals surface area contributed by atoms with Crippen LogP contribution in [-0.4, -0.2) is 24.0 Å². The Hall–Kier alpha value is -0.800. The van der Waals surface area contributed by atoms with Crippen molar-refractivity contribution in [3.63, 3.8) is 0 Å². The fraction of sp³-hybridized carbons (Fsp3) is 0.778. The molecule has 1 saturated heterocycles. The maximum absolute atomic E-state index is 6.43. The zero-order valence-electron chi connectivity index (χ0n) is 13.6. The van der Waals surface area contributed by atoms with Crippen LogP contribution in [0.25, 0.3) is 0 Å². The van der Waals surface area contributed by atoms with Crippen LogP contribution in [0.3, 0.4) is 0 Å². The first-order valence-electron chi connectivity index (χ1n) is 8.69. The molecular weight excluding hydrogens is 260 g/mol. The van der Waals surface area contributed by atoms with E-state index in [1.165, 1.54) is 51.6 Å².